The van der Waals surface area contributed by atoms with E-state index in [1.807, 2.05) is 24.3 Å². The lowest BCUT2D eigenvalue weighted by Crippen LogP contribution is -2.13. The van der Waals surface area contributed by atoms with E-state index in [4.69, 9.17) is 5.73 Å². The summed E-state index contributed by atoms with van der Waals surface area (Å²) in [7, 11) is 0. The molecule has 1 aromatic heterocycles. The maximum Gasteiger partial charge on any atom is 0.0555 e. The van der Waals surface area contributed by atoms with Gasteiger partial charge in [-0.1, -0.05) is 24.3 Å². The molecule has 76 valence electrons. The first-order valence-electron chi connectivity index (χ1n) is 5.00. The standard InChI is InChI=1S/C13H14N2/c1-10-4-2-3-5-12(10)13(14)11-6-8-15-9-7-11/h2-9,13H,14H2,1H3/t13-/m0/s1. The van der Waals surface area contributed by atoms with Crippen molar-refractivity contribution in [2.24, 2.45) is 5.73 Å². The quantitative estimate of drug-likeness (QED) is 0.805. The summed E-state index contributed by atoms with van der Waals surface area (Å²) in [5.41, 5.74) is 9.68. The van der Waals surface area contributed by atoms with Gasteiger partial charge in [-0.3, -0.25) is 4.98 Å². The zero-order chi connectivity index (χ0) is 10.7. The molecule has 0 aliphatic rings. The second kappa shape index (κ2) is 4.24. The van der Waals surface area contributed by atoms with Crippen LogP contribution in [0.2, 0.25) is 0 Å². The Labute approximate surface area is 89.8 Å². The maximum absolute atomic E-state index is 6.19. The number of aromatic nitrogens is 1. The Kier molecular flexibility index (Phi) is 2.79. The molecule has 0 radical (unpaired) electrons. The SMILES string of the molecule is Cc1ccccc1[C@@H](N)c1ccncc1. The number of rotatable bonds is 2. The van der Waals surface area contributed by atoms with Crippen LogP contribution in [0.3, 0.4) is 0 Å². The highest BCUT2D eigenvalue weighted by Crippen LogP contribution is 2.21. The number of nitrogens with two attached hydrogens (primary N) is 1. The van der Waals surface area contributed by atoms with E-state index in [1.165, 1.54) is 11.1 Å². The summed E-state index contributed by atoms with van der Waals surface area (Å²) in [4.78, 5) is 3.99. The van der Waals surface area contributed by atoms with Gasteiger partial charge in [0, 0.05) is 12.4 Å². The molecule has 0 aliphatic carbocycles. The van der Waals surface area contributed by atoms with Crippen molar-refractivity contribution in [3.05, 3.63) is 65.5 Å². The first kappa shape index (κ1) is 9.87. The first-order chi connectivity index (χ1) is 7.29. The molecule has 2 rings (SSSR count). The van der Waals surface area contributed by atoms with Crippen LogP contribution in [0.15, 0.2) is 48.8 Å². The van der Waals surface area contributed by atoms with Gasteiger partial charge in [0.1, 0.15) is 0 Å². The predicted molar refractivity (Wildman–Crippen MR) is 61.4 cm³/mol. The van der Waals surface area contributed by atoms with Gasteiger partial charge in [-0.2, -0.15) is 0 Å². The van der Waals surface area contributed by atoms with E-state index in [0.717, 1.165) is 5.56 Å². The summed E-state index contributed by atoms with van der Waals surface area (Å²) in [5, 5.41) is 0. The largest absolute Gasteiger partial charge is 0.320 e. The summed E-state index contributed by atoms with van der Waals surface area (Å²) < 4.78 is 0. The molecule has 2 N–H and O–H groups in total. The summed E-state index contributed by atoms with van der Waals surface area (Å²) in [6.07, 6.45) is 3.54. The number of pyridine rings is 1. The van der Waals surface area contributed by atoms with Gasteiger partial charge in [0.25, 0.3) is 0 Å². The molecule has 15 heavy (non-hydrogen) atoms. The van der Waals surface area contributed by atoms with Gasteiger partial charge in [-0.15, -0.1) is 0 Å². The number of hydrogen-bond acceptors (Lipinski definition) is 2. The zero-order valence-electron chi connectivity index (χ0n) is 8.72. The van der Waals surface area contributed by atoms with Crippen molar-refractivity contribution >= 4 is 0 Å². The third kappa shape index (κ3) is 2.05. The maximum atomic E-state index is 6.19. The average molecular weight is 198 g/mol. The minimum absolute atomic E-state index is 0.0609. The van der Waals surface area contributed by atoms with E-state index < -0.39 is 0 Å². The molecule has 1 heterocycles. The second-order valence-corrected chi connectivity index (χ2v) is 3.61. The number of aryl methyl sites for hydroxylation is 1. The Hall–Kier alpha value is -1.67. The van der Waals surface area contributed by atoms with Crippen LogP contribution >= 0.6 is 0 Å². The van der Waals surface area contributed by atoms with E-state index in [0.29, 0.717) is 0 Å². The smallest absolute Gasteiger partial charge is 0.0555 e. The molecule has 0 saturated carbocycles. The van der Waals surface area contributed by atoms with Crippen molar-refractivity contribution in [1.82, 2.24) is 4.98 Å². The lowest BCUT2D eigenvalue weighted by atomic mass is 9.97. The Bertz CT molecular complexity index is 437. The van der Waals surface area contributed by atoms with Crippen molar-refractivity contribution in [3.63, 3.8) is 0 Å². The number of benzene rings is 1. The van der Waals surface area contributed by atoms with Crippen LogP contribution in [-0.2, 0) is 0 Å². The van der Waals surface area contributed by atoms with Crippen LogP contribution in [-0.4, -0.2) is 4.98 Å². The Morgan fingerprint density at radius 2 is 1.73 bits per heavy atom. The average Bonchev–Trinajstić information content (AvgIpc) is 2.30. The lowest BCUT2D eigenvalue weighted by molar-refractivity contribution is 0.858. The van der Waals surface area contributed by atoms with Crippen molar-refractivity contribution < 1.29 is 0 Å². The number of hydrogen-bond donors (Lipinski definition) is 1. The molecule has 0 spiro atoms. The third-order valence-electron chi connectivity index (χ3n) is 2.59. The highest BCUT2D eigenvalue weighted by Gasteiger charge is 2.09. The van der Waals surface area contributed by atoms with Crippen LogP contribution in [0.25, 0.3) is 0 Å². The van der Waals surface area contributed by atoms with E-state index >= 15 is 0 Å². The minimum Gasteiger partial charge on any atom is -0.320 e. The van der Waals surface area contributed by atoms with Crippen molar-refractivity contribution in [1.29, 1.82) is 0 Å². The lowest BCUT2D eigenvalue weighted by Gasteiger charge is -2.14. The number of nitrogens with zero attached hydrogens (tertiary/aromatic N) is 1. The molecule has 0 fully saturated rings. The van der Waals surface area contributed by atoms with Crippen LogP contribution in [0, 0.1) is 6.92 Å². The van der Waals surface area contributed by atoms with Gasteiger partial charge in [0.15, 0.2) is 0 Å². The fourth-order valence-electron chi connectivity index (χ4n) is 1.69. The normalized spacial score (nSPS) is 12.4. The van der Waals surface area contributed by atoms with E-state index in [1.54, 1.807) is 12.4 Å². The summed E-state index contributed by atoms with van der Waals surface area (Å²) >= 11 is 0. The first-order valence-corrected chi connectivity index (χ1v) is 5.00. The monoisotopic (exact) mass is 198 g/mol. The van der Waals surface area contributed by atoms with Gasteiger partial charge >= 0.3 is 0 Å². The topological polar surface area (TPSA) is 38.9 Å². The molecular weight excluding hydrogens is 184 g/mol. The summed E-state index contributed by atoms with van der Waals surface area (Å²) in [6.45, 7) is 2.08. The van der Waals surface area contributed by atoms with Crippen molar-refractivity contribution in [3.8, 4) is 0 Å². The molecule has 0 bridgehead atoms. The van der Waals surface area contributed by atoms with Gasteiger partial charge in [0.05, 0.1) is 6.04 Å². The van der Waals surface area contributed by atoms with Crippen LogP contribution in [0.1, 0.15) is 22.7 Å². The molecule has 0 saturated heterocycles. The van der Waals surface area contributed by atoms with Crippen LogP contribution in [0.5, 0.6) is 0 Å². The van der Waals surface area contributed by atoms with E-state index in [9.17, 15) is 0 Å². The van der Waals surface area contributed by atoms with E-state index in [-0.39, 0.29) is 6.04 Å². The summed E-state index contributed by atoms with van der Waals surface area (Å²) in [6, 6.07) is 12.0. The van der Waals surface area contributed by atoms with Crippen molar-refractivity contribution in [2.45, 2.75) is 13.0 Å². The molecule has 2 heteroatoms. The fourth-order valence-corrected chi connectivity index (χ4v) is 1.69. The molecule has 1 atom stereocenters. The van der Waals surface area contributed by atoms with Crippen molar-refractivity contribution in [2.75, 3.05) is 0 Å². The van der Waals surface area contributed by atoms with Gasteiger partial charge in [0.2, 0.25) is 0 Å². The third-order valence-corrected chi connectivity index (χ3v) is 2.59. The summed E-state index contributed by atoms with van der Waals surface area (Å²) in [5.74, 6) is 0. The second-order valence-electron chi connectivity index (χ2n) is 3.61. The highest BCUT2D eigenvalue weighted by molar-refractivity contribution is 5.35. The Balaban J connectivity index is 2.37. The predicted octanol–water partition coefficient (Wildman–Crippen LogP) is 2.44. The van der Waals surface area contributed by atoms with Crippen LogP contribution < -0.4 is 5.73 Å². The van der Waals surface area contributed by atoms with Gasteiger partial charge in [-0.25, -0.2) is 0 Å². The molecule has 0 amide bonds. The molecule has 2 aromatic rings. The van der Waals surface area contributed by atoms with Gasteiger partial charge in [-0.05, 0) is 35.7 Å². The zero-order valence-corrected chi connectivity index (χ0v) is 8.72. The highest BCUT2D eigenvalue weighted by atomic mass is 14.7. The van der Waals surface area contributed by atoms with Crippen LogP contribution in [0.4, 0.5) is 0 Å². The minimum atomic E-state index is -0.0609. The molecule has 2 nitrogen and oxygen atoms in total. The molecule has 1 aromatic carbocycles. The molecule has 0 unspecified atom stereocenters. The molecule has 0 aliphatic heterocycles. The molecular formula is C13H14N2. The van der Waals surface area contributed by atoms with E-state index in [2.05, 4.69) is 24.0 Å². The fraction of sp³-hybridized carbons (Fsp3) is 0.154. The van der Waals surface area contributed by atoms with Gasteiger partial charge < -0.3 is 5.73 Å². The Morgan fingerprint density at radius 1 is 1.07 bits per heavy atom. The Morgan fingerprint density at radius 3 is 2.40 bits per heavy atom.